The summed E-state index contributed by atoms with van der Waals surface area (Å²) in [6.45, 7) is 2.30. The molecule has 0 aliphatic carbocycles. The minimum absolute atomic E-state index is 0.143. The molecule has 0 saturated carbocycles. The van der Waals surface area contributed by atoms with Crippen molar-refractivity contribution in [2.45, 2.75) is 13.3 Å². The number of benzene rings is 1. The quantitative estimate of drug-likeness (QED) is 0.819. The molecule has 0 radical (unpaired) electrons. The van der Waals surface area contributed by atoms with Gasteiger partial charge < -0.3 is 15.3 Å². The fraction of sp³-hybridized carbons (Fsp3) is 0.429. The fourth-order valence-corrected chi connectivity index (χ4v) is 1.51. The average Bonchev–Trinajstić information content (AvgIpc) is 2.42. The van der Waals surface area contributed by atoms with E-state index < -0.39 is 11.9 Å². The highest BCUT2D eigenvalue weighted by Crippen LogP contribution is 2.01. The number of hydrogen-bond donors (Lipinski definition) is 2. The van der Waals surface area contributed by atoms with Gasteiger partial charge in [0.1, 0.15) is 0 Å². The van der Waals surface area contributed by atoms with E-state index in [-0.39, 0.29) is 12.6 Å². The number of aliphatic carboxylic acids is 1. The van der Waals surface area contributed by atoms with E-state index in [2.05, 4.69) is 5.32 Å². The van der Waals surface area contributed by atoms with Crippen LogP contribution in [0.25, 0.3) is 0 Å². The van der Waals surface area contributed by atoms with Crippen LogP contribution in [-0.2, 0) is 11.2 Å². The molecule has 5 nitrogen and oxygen atoms in total. The van der Waals surface area contributed by atoms with Crippen molar-refractivity contribution in [3.05, 3.63) is 35.9 Å². The molecule has 0 fully saturated rings. The van der Waals surface area contributed by atoms with Gasteiger partial charge in [0.2, 0.25) is 0 Å². The Morgan fingerprint density at radius 2 is 1.95 bits per heavy atom. The molecule has 0 heterocycles. The van der Waals surface area contributed by atoms with Crippen molar-refractivity contribution in [2.24, 2.45) is 5.92 Å². The molecule has 19 heavy (non-hydrogen) atoms. The van der Waals surface area contributed by atoms with E-state index in [4.69, 9.17) is 5.11 Å². The van der Waals surface area contributed by atoms with Gasteiger partial charge in [-0.3, -0.25) is 4.79 Å². The van der Waals surface area contributed by atoms with Gasteiger partial charge in [0.25, 0.3) is 0 Å². The molecule has 1 unspecified atom stereocenters. The van der Waals surface area contributed by atoms with Gasteiger partial charge in [0.05, 0.1) is 5.92 Å². The molecule has 5 heteroatoms. The summed E-state index contributed by atoms with van der Waals surface area (Å²) in [5, 5.41) is 11.3. The lowest BCUT2D eigenvalue weighted by Crippen LogP contribution is -2.41. The molecule has 0 bridgehead atoms. The fourth-order valence-electron chi connectivity index (χ4n) is 1.51. The molecule has 0 spiro atoms. The van der Waals surface area contributed by atoms with Gasteiger partial charge in [-0.1, -0.05) is 37.3 Å². The minimum atomic E-state index is -0.910. The van der Waals surface area contributed by atoms with E-state index in [1.807, 2.05) is 30.3 Å². The van der Waals surface area contributed by atoms with E-state index in [1.165, 1.54) is 5.56 Å². The first-order chi connectivity index (χ1) is 9.00. The predicted octanol–water partition coefficient (Wildman–Crippen LogP) is 1.59. The van der Waals surface area contributed by atoms with E-state index in [0.717, 1.165) is 6.42 Å². The molecule has 0 aliphatic rings. The second kappa shape index (κ2) is 7.41. The first-order valence-electron chi connectivity index (χ1n) is 6.26. The first-order valence-corrected chi connectivity index (χ1v) is 6.26. The van der Waals surface area contributed by atoms with Gasteiger partial charge >= 0.3 is 12.0 Å². The van der Waals surface area contributed by atoms with Gasteiger partial charge in [0.15, 0.2) is 0 Å². The number of urea groups is 1. The lowest BCUT2D eigenvalue weighted by molar-refractivity contribution is -0.140. The first kappa shape index (κ1) is 15.0. The molecule has 1 rings (SSSR count). The van der Waals surface area contributed by atoms with E-state index >= 15 is 0 Å². The number of nitrogens with one attached hydrogen (secondary N) is 1. The molecule has 0 aromatic heterocycles. The maximum atomic E-state index is 11.7. The zero-order chi connectivity index (χ0) is 14.3. The monoisotopic (exact) mass is 264 g/mol. The molecular weight excluding hydrogens is 244 g/mol. The Labute approximate surface area is 113 Å². The number of rotatable bonds is 6. The molecule has 2 amide bonds. The Hall–Kier alpha value is -2.04. The Morgan fingerprint density at radius 1 is 1.32 bits per heavy atom. The molecule has 1 aromatic carbocycles. The average molecular weight is 264 g/mol. The number of carbonyl (C=O) groups is 2. The zero-order valence-electron chi connectivity index (χ0n) is 11.3. The Kier molecular flexibility index (Phi) is 5.85. The number of carbonyl (C=O) groups excluding carboxylic acids is 1. The number of nitrogens with zero attached hydrogens (tertiary/aromatic N) is 1. The van der Waals surface area contributed by atoms with Gasteiger partial charge in [-0.05, 0) is 12.0 Å². The van der Waals surface area contributed by atoms with Crippen LogP contribution in [0.2, 0.25) is 0 Å². The smallest absolute Gasteiger partial charge is 0.317 e. The lowest BCUT2D eigenvalue weighted by atomic mass is 10.1. The third-order valence-electron chi connectivity index (χ3n) is 2.91. The van der Waals surface area contributed by atoms with Crippen molar-refractivity contribution in [3.8, 4) is 0 Å². The number of hydrogen-bond acceptors (Lipinski definition) is 2. The van der Waals surface area contributed by atoms with Crippen molar-refractivity contribution in [1.82, 2.24) is 10.2 Å². The van der Waals surface area contributed by atoms with Crippen molar-refractivity contribution >= 4 is 12.0 Å². The minimum Gasteiger partial charge on any atom is -0.481 e. The zero-order valence-corrected chi connectivity index (χ0v) is 11.3. The Balaban J connectivity index is 2.31. The lowest BCUT2D eigenvalue weighted by Gasteiger charge is -2.18. The largest absolute Gasteiger partial charge is 0.481 e. The van der Waals surface area contributed by atoms with Crippen LogP contribution in [0, 0.1) is 5.92 Å². The summed E-state index contributed by atoms with van der Waals surface area (Å²) in [6, 6.07) is 9.65. The molecule has 1 aromatic rings. The summed E-state index contributed by atoms with van der Waals surface area (Å²) in [7, 11) is 1.70. The van der Waals surface area contributed by atoms with Crippen LogP contribution in [0.5, 0.6) is 0 Å². The maximum absolute atomic E-state index is 11.7. The van der Waals surface area contributed by atoms with Crippen molar-refractivity contribution < 1.29 is 14.7 Å². The van der Waals surface area contributed by atoms with Crippen molar-refractivity contribution in [2.75, 3.05) is 20.1 Å². The topological polar surface area (TPSA) is 69.6 Å². The number of carboxylic acids is 1. The molecule has 0 aliphatic heterocycles. The van der Waals surface area contributed by atoms with Crippen molar-refractivity contribution in [1.29, 1.82) is 0 Å². The summed E-state index contributed by atoms with van der Waals surface area (Å²) in [5.41, 5.74) is 1.17. The highest BCUT2D eigenvalue weighted by molar-refractivity contribution is 5.75. The molecule has 1 atom stereocenters. The predicted molar refractivity (Wildman–Crippen MR) is 73.0 cm³/mol. The summed E-state index contributed by atoms with van der Waals surface area (Å²) in [4.78, 5) is 23.9. The number of amides is 2. The Morgan fingerprint density at radius 3 is 2.53 bits per heavy atom. The van der Waals surface area contributed by atoms with Crippen LogP contribution < -0.4 is 5.32 Å². The maximum Gasteiger partial charge on any atom is 0.317 e. The molecule has 104 valence electrons. The summed E-state index contributed by atoms with van der Waals surface area (Å²) < 4.78 is 0. The van der Waals surface area contributed by atoms with Crippen LogP contribution in [0.1, 0.15) is 12.5 Å². The summed E-state index contributed by atoms with van der Waals surface area (Å²) in [5.74, 6) is -1.49. The number of carboxylic acid groups (broad SMARTS) is 1. The Bertz CT molecular complexity index is 420. The van der Waals surface area contributed by atoms with Gasteiger partial charge in [0, 0.05) is 20.1 Å². The SMILES string of the molecule is CC(CNC(=O)N(C)CCc1ccccc1)C(=O)O. The van der Waals surface area contributed by atoms with E-state index in [0.29, 0.717) is 6.54 Å². The second-order valence-corrected chi connectivity index (χ2v) is 4.58. The van der Waals surface area contributed by atoms with Crippen LogP contribution >= 0.6 is 0 Å². The molecular formula is C14H20N2O3. The standard InChI is InChI=1S/C14H20N2O3/c1-11(13(17)18)10-15-14(19)16(2)9-8-12-6-4-3-5-7-12/h3-7,11H,8-10H2,1-2H3,(H,15,19)(H,17,18). The third-order valence-corrected chi connectivity index (χ3v) is 2.91. The highest BCUT2D eigenvalue weighted by Gasteiger charge is 2.14. The molecule has 2 N–H and O–H groups in total. The number of likely N-dealkylation sites (N-methyl/N-ethyl adjacent to an activating group) is 1. The van der Waals surface area contributed by atoms with Gasteiger partial charge in [-0.2, -0.15) is 0 Å². The van der Waals surface area contributed by atoms with Crippen LogP contribution in [0.3, 0.4) is 0 Å². The van der Waals surface area contributed by atoms with E-state index in [1.54, 1.807) is 18.9 Å². The summed E-state index contributed by atoms with van der Waals surface area (Å²) >= 11 is 0. The van der Waals surface area contributed by atoms with Crippen molar-refractivity contribution in [3.63, 3.8) is 0 Å². The normalized spacial score (nSPS) is 11.7. The molecule has 0 saturated heterocycles. The van der Waals surface area contributed by atoms with E-state index in [9.17, 15) is 9.59 Å². The van der Waals surface area contributed by atoms with Crippen LogP contribution in [0.4, 0.5) is 4.79 Å². The van der Waals surface area contributed by atoms with Crippen LogP contribution in [0.15, 0.2) is 30.3 Å². The van der Waals surface area contributed by atoms with Gasteiger partial charge in [-0.25, -0.2) is 4.79 Å². The second-order valence-electron chi connectivity index (χ2n) is 4.58. The van der Waals surface area contributed by atoms with Crippen LogP contribution in [-0.4, -0.2) is 42.1 Å². The van der Waals surface area contributed by atoms with Gasteiger partial charge in [-0.15, -0.1) is 0 Å². The third kappa shape index (κ3) is 5.42. The summed E-state index contributed by atoms with van der Waals surface area (Å²) in [6.07, 6.45) is 0.777. The highest BCUT2D eigenvalue weighted by atomic mass is 16.4.